The molecule has 1 heterocycles. The van der Waals surface area contributed by atoms with Crippen molar-refractivity contribution in [3.8, 4) is 0 Å². The van der Waals surface area contributed by atoms with E-state index < -0.39 is 0 Å². The average molecular weight is 265 g/mol. The summed E-state index contributed by atoms with van der Waals surface area (Å²) < 4.78 is 5.40. The summed E-state index contributed by atoms with van der Waals surface area (Å²) >= 11 is 0. The van der Waals surface area contributed by atoms with Gasteiger partial charge in [-0.1, -0.05) is 31.8 Å². The Balaban J connectivity index is 1.75. The molecule has 0 radical (unpaired) electrons. The Kier molecular flexibility index (Phi) is 5.40. The van der Waals surface area contributed by atoms with Crippen LogP contribution in [0.5, 0.6) is 0 Å². The SMILES string of the molecule is CC(C)NCc1cc(CN(C)CC2CCCC2)on1. The smallest absolute Gasteiger partial charge is 0.151 e. The molecule has 1 N–H and O–H groups in total. The predicted octanol–water partition coefficient (Wildman–Crippen LogP) is 2.79. The second-order valence-electron chi connectivity index (χ2n) is 6.17. The Labute approximate surface area is 116 Å². The molecule has 19 heavy (non-hydrogen) atoms. The summed E-state index contributed by atoms with van der Waals surface area (Å²) in [5.74, 6) is 1.86. The Morgan fingerprint density at radius 1 is 1.42 bits per heavy atom. The number of hydrogen-bond donors (Lipinski definition) is 1. The zero-order chi connectivity index (χ0) is 13.7. The highest BCUT2D eigenvalue weighted by Gasteiger charge is 2.17. The molecular formula is C15H27N3O. The van der Waals surface area contributed by atoms with Crippen LogP contribution in [-0.2, 0) is 13.1 Å². The first kappa shape index (κ1) is 14.5. The second-order valence-corrected chi connectivity index (χ2v) is 6.17. The monoisotopic (exact) mass is 265 g/mol. The van der Waals surface area contributed by atoms with Gasteiger partial charge in [0.15, 0.2) is 5.76 Å². The maximum Gasteiger partial charge on any atom is 0.151 e. The van der Waals surface area contributed by atoms with Gasteiger partial charge in [0.25, 0.3) is 0 Å². The van der Waals surface area contributed by atoms with Crippen molar-refractivity contribution in [2.45, 2.75) is 58.7 Å². The fraction of sp³-hybridized carbons (Fsp3) is 0.800. The molecular weight excluding hydrogens is 238 g/mol. The number of nitrogens with zero attached hydrogens (tertiary/aromatic N) is 2. The van der Waals surface area contributed by atoms with Crippen molar-refractivity contribution in [1.82, 2.24) is 15.4 Å². The van der Waals surface area contributed by atoms with Crippen molar-refractivity contribution in [3.63, 3.8) is 0 Å². The van der Waals surface area contributed by atoms with E-state index >= 15 is 0 Å². The van der Waals surface area contributed by atoms with E-state index in [-0.39, 0.29) is 0 Å². The van der Waals surface area contributed by atoms with Crippen molar-refractivity contribution < 1.29 is 4.52 Å². The highest BCUT2D eigenvalue weighted by atomic mass is 16.5. The van der Waals surface area contributed by atoms with E-state index in [2.05, 4.69) is 42.3 Å². The largest absolute Gasteiger partial charge is 0.360 e. The Hall–Kier alpha value is -0.870. The fourth-order valence-electron chi connectivity index (χ4n) is 2.79. The average Bonchev–Trinajstić information content (AvgIpc) is 2.98. The molecule has 0 aromatic carbocycles. The molecule has 4 nitrogen and oxygen atoms in total. The summed E-state index contributed by atoms with van der Waals surface area (Å²) in [5, 5.41) is 7.46. The fourth-order valence-corrected chi connectivity index (χ4v) is 2.79. The zero-order valence-corrected chi connectivity index (χ0v) is 12.5. The van der Waals surface area contributed by atoms with Crippen LogP contribution in [0.4, 0.5) is 0 Å². The highest BCUT2D eigenvalue weighted by Crippen LogP contribution is 2.25. The minimum absolute atomic E-state index is 0.477. The number of rotatable bonds is 7. The normalized spacial score (nSPS) is 16.9. The summed E-state index contributed by atoms with van der Waals surface area (Å²) in [6.07, 6.45) is 5.60. The van der Waals surface area contributed by atoms with Crippen LogP contribution in [-0.4, -0.2) is 29.7 Å². The lowest BCUT2D eigenvalue weighted by atomic mass is 10.1. The highest BCUT2D eigenvalue weighted by molar-refractivity contribution is 5.05. The van der Waals surface area contributed by atoms with E-state index in [9.17, 15) is 0 Å². The van der Waals surface area contributed by atoms with Gasteiger partial charge >= 0.3 is 0 Å². The van der Waals surface area contributed by atoms with Crippen molar-refractivity contribution in [2.24, 2.45) is 5.92 Å². The van der Waals surface area contributed by atoms with Gasteiger partial charge < -0.3 is 9.84 Å². The van der Waals surface area contributed by atoms with E-state index in [0.29, 0.717) is 6.04 Å². The van der Waals surface area contributed by atoms with Gasteiger partial charge in [0, 0.05) is 25.2 Å². The van der Waals surface area contributed by atoms with Crippen LogP contribution in [0.25, 0.3) is 0 Å². The lowest BCUT2D eigenvalue weighted by molar-refractivity contribution is 0.238. The molecule has 1 aromatic rings. The summed E-state index contributed by atoms with van der Waals surface area (Å²) in [6, 6.07) is 2.55. The molecule has 1 aromatic heterocycles. The lowest BCUT2D eigenvalue weighted by Crippen LogP contribution is -2.24. The topological polar surface area (TPSA) is 41.3 Å². The third kappa shape index (κ3) is 4.96. The third-order valence-corrected chi connectivity index (χ3v) is 3.77. The first-order valence-electron chi connectivity index (χ1n) is 7.50. The van der Waals surface area contributed by atoms with Gasteiger partial charge in [0.2, 0.25) is 0 Å². The van der Waals surface area contributed by atoms with Crippen LogP contribution in [0, 0.1) is 5.92 Å². The molecule has 0 unspecified atom stereocenters. The molecule has 4 heteroatoms. The van der Waals surface area contributed by atoms with Crippen LogP contribution in [0.15, 0.2) is 10.6 Å². The van der Waals surface area contributed by atoms with E-state index in [4.69, 9.17) is 4.52 Å². The van der Waals surface area contributed by atoms with Gasteiger partial charge in [-0.15, -0.1) is 0 Å². The van der Waals surface area contributed by atoms with Crippen LogP contribution < -0.4 is 5.32 Å². The molecule has 1 aliphatic carbocycles. The molecule has 0 atom stereocenters. The van der Waals surface area contributed by atoms with E-state index in [1.165, 1.54) is 32.2 Å². The Morgan fingerprint density at radius 3 is 2.84 bits per heavy atom. The maximum absolute atomic E-state index is 5.40. The predicted molar refractivity (Wildman–Crippen MR) is 76.8 cm³/mol. The van der Waals surface area contributed by atoms with Gasteiger partial charge in [-0.3, -0.25) is 4.90 Å². The molecule has 1 fully saturated rings. The van der Waals surface area contributed by atoms with Gasteiger partial charge in [0.05, 0.1) is 12.2 Å². The minimum atomic E-state index is 0.477. The lowest BCUT2D eigenvalue weighted by Gasteiger charge is -2.18. The number of hydrogen-bond acceptors (Lipinski definition) is 4. The minimum Gasteiger partial charge on any atom is -0.360 e. The molecule has 1 aliphatic rings. The summed E-state index contributed by atoms with van der Waals surface area (Å²) in [6.45, 7) is 7.10. The Bertz CT molecular complexity index is 369. The van der Waals surface area contributed by atoms with Crippen molar-refractivity contribution in [3.05, 3.63) is 17.5 Å². The van der Waals surface area contributed by atoms with E-state index in [0.717, 1.165) is 30.5 Å². The molecule has 0 saturated heterocycles. The second kappa shape index (κ2) is 7.06. The van der Waals surface area contributed by atoms with Gasteiger partial charge in [0.1, 0.15) is 0 Å². The molecule has 0 bridgehead atoms. The Morgan fingerprint density at radius 2 is 2.16 bits per heavy atom. The van der Waals surface area contributed by atoms with Crippen molar-refractivity contribution in [2.75, 3.05) is 13.6 Å². The zero-order valence-electron chi connectivity index (χ0n) is 12.5. The number of nitrogens with one attached hydrogen (secondary N) is 1. The van der Waals surface area contributed by atoms with Gasteiger partial charge in [-0.25, -0.2) is 0 Å². The van der Waals surface area contributed by atoms with Gasteiger partial charge in [-0.05, 0) is 25.8 Å². The van der Waals surface area contributed by atoms with E-state index in [1.807, 2.05) is 0 Å². The summed E-state index contributed by atoms with van der Waals surface area (Å²) in [4.78, 5) is 2.36. The first-order valence-corrected chi connectivity index (χ1v) is 7.50. The molecule has 2 rings (SSSR count). The number of aromatic nitrogens is 1. The summed E-state index contributed by atoms with van der Waals surface area (Å²) in [5.41, 5.74) is 0.998. The quantitative estimate of drug-likeness (QED) is 0.823. The van der Waals surface area contributed by atoms with E-state index in [1.54, 1.807) is 0 Å². The van der Waals surface area contributed by atoms with Crippen LogP contribution >= 0.6 is 0 Å². The molecule has 108 valence electrons. The molecule has 0 spiro atoms. The maximum atomic E-state index is 5.40. The molecule has 0 amide bonds. The van der Waals surface area contributed by atoms with Crippen molar-refractivity contribution >= 4 is 0 Å². The van der Waals surface area contributed by atoms with Crippen molar-refractivity contribution in [1.29, 1.82) is 0 Å². The first-order chi connectivity index (χ1) is 9.13. The third-order valence-electron chi connectivity index (χ3n) is 3.77. The van der Waals surface area contributed by atoms with Gasteiger partial charge in [-0.2, -0.15) is 0 Å². The molecule has 0 aliphatic heterocycles. The van der Waals surface area contributed by atoms with Crippen LogP contribution in [0.3, 0.4) is 0 Å². The van der Waals surface area contributed by atoms with Crippen LogP contribution in [0.1, 0.15) is 51.0 Å². The van der Waals surface area contributed by atoms with Crippen LogP contribution in [0.2, 0.25) is 0 Å². The summed E-state index contributed by atoms with van der Waals surface area (Å²) in [7, 11) is 2.17. The molecule has 1 saturated carbocycles. The standard InChI is InChI=1S/C15H27N3O/c1-12(2)16-9-14-8-15(19-17-14)11-18(3)10-13-6-4-5-7-13/h8,12-13,16H,4-7,9-11H2,1-3H3.